The van der Waals surface area contributed by atoms with Crippen LogP contribution in [0.5, 0.6) is 5.75 Å². The molecule has 0 bridgehead atoms. The molecule has 0 heterocycles. The van der Waals surface area contributed by atoms with E-state index >= 15 is 0 Å². The summed E-state index contributed by atoms with van der Waals surface area (Å²) in [6, 6.07) is 12.6. The molecular weight excluding hydrogens is 366 g/mol. The number of carbonyl (C=O) groups excluding carboxylic acids is 2. The van der Waals surface area contributed by atoms with E-state index in [4.69, 9.17) is 16.3 Å². The SMILES string of the molecule is COc1ccc(/C(C)=N\NC(=O)CCC(=O)Nc2cccc(Cl)c2C)cc1. The minimum Gasteiger partial charge on any atom is -0.497 e. The van der Waals surface area contributed by atoms with Gasteiger partial charge in [0.15, 0.2) is 0 Å². The van der Waals surface area contributed by atoms with E-state index in [1.165, 1.54) is 0 Å². The summed E-state index contributed by atoms with van der Waals surface area (Å²) in [5, 5.41) is 7.40. The first-order valence-electron chi connectivity index (χ1n) is 8.43. The number of ether oxygens (including phenoxy) is 1. The Labute approximate surface area is 163 Å². The van der Waals surface area contributed by atoms with E-state index in [1.54, 1.807) is 32.2 Å². The van der Waals surface area contributed by atoms with Gasteiger partial charge in [-0.05, 0) is 61.4 Å². The molecule has 2 amide bonds. The summed E-state index contributed by atoms with van der Waals surface area (Å²) in [6.45, 7) is 3.61. The zero-order valence-corrected chi connectivity index (χ0v) is 16.3. The van der Waals surface area contributed by atoms with Crippen LogP contribution in [0.15, 0.2) is 47.6 Å². The molecule has 0 aliphatic rings. The van der Waals surface area contributed by atoms with Crippen molar-refractivity contribution in [2.24, 2.45) is 5.10 Å². The molecule has 0 aliphatic carbocycles. The van der Waals surface area contributed by atoms with Crippen LogP contribution in [0.3, 0.4) is 0 Å². The minimum atomic E-state index is -0.333. The lowest BCUT2D eigenvalue weighted by Gasteiger charge is -2.09. The van der Waals surface area contributed by atoms with E-state index in [9.17, 15) is 9.59 Å². The topological polar surface area (TPSA) is 79.8 Å². The van der Waals surface area contributed by atoms with Crippen molar-refractivity contribution in [2.45, 2.75) is 26.7 Å². The van der Waals surface area contributed by atoms with Crippen LogP contribution < -0.4 is 15.5 Å². The Bertz CT molecular complexity index is 848. The number of amides is 2. The van der Waals surface area contributed by atoms with Crippen LogP contribution in [0.1, 0.15) is 30.9 Å². The number of benzene rings is 2. The van der Waals surface area contributed by atoms with Crippen molar-refractivity contribution in [1.82, 2.24) is 5.43 Å². The second kappa shape index (κ2) is 9.73. The molecule has 142 valence electrons. The Morgan fingerprint density at radius 1 is 1.07 bits per heavy atom. The summed E-state index contributed by atoms with van der Waals surface area (Å²) < 4.78 is 5.10. The van der Waals surface area contributed by atoms with Gasteiger partial charge in [-0.25, -0.2) is 5.43 Å². The number of nitrogens with zero attached hydrogens (tertiary/aromatic N) is 1. The molecule has 0 spiro atoms. The molecule has 0 saturated carbocycles. The van der Waals surface area contributed by atoms with E-state index in [2.05, 4.69) is 15.8 Å². The number of hydrogen-bond donors (Lipinski definition) is 2. The molecule has 2 N–H and O–H groups in total. The highest BCUT2D eigenvalue weighted by atomic mass is 35.5. The molecule has 2 aromatic carbocycles. The third-order valence-corrected chi connectivity index (χ3v) is 4.39. The molecular formula is C20H22ClN3O3. The van der Waals surface area contributed by atoms with E-state index in [-0.39, 0.29) is 24.7 Å². The van der Waals surface area contributed by atoms with Crippen molar-refractivity contribution >= 4 is 34.8 Å². The summed E-state index contributed by atoms with van der Waals surface area (Å²) in [4.78, 5) is 23.9. The van der Waals surface area contributed by atoms with Crippen LogP contribution in [0.25, 0.3) is 0 Å². The minimum absolute atomic E-state index is 0.0326. The van der Waals surface area contributed by atoms with E-state index < -0.39 is 0 Å². The highest BCUT2D eigenvalue weighted by Crippen LogP contribution is 2.23. The average molecular weight is 388 g/mol. The summed E-state index contributed by atoms with van der Waals surface area (Å²) >= 11 is 6.03. The van der Waals surface area contributed by atoms with Gasteiger partial charge in [-0.1, -0.05) is 17.7 Å². The van der Waals surface area contributed by atoms with E-state index in [0.29, 0.717) is 16.4 Å². The van der Waals surface area contributed by atoms with Gasteiger partial charge in [0.25, 0.3) is 0 Å². The van der Waals surface area contributed by atoms with Gasteiger partial charge < -0.3 is 10.1 Å². The molecule has 2 rings (SSSR count). The van der Waals surface area contributed by atoms with Crippen LogP contribution in [-0.2, 0) is 9.59 Å². The molecule has 7 heteroatoms. The molecule has 6 nitrogen and oxygen atoms in total. The fourth-order valence-electron chi connectivity index (χ4n) is 2.28. The number of nitrogens with one attached hydrogen (secondary N) is 2. The van der Waals surface area contributed by atoms with Crippen molar-refractivity contribution in [3.63, 3.8) is 0 Å². The molecule has 0 aromatic heterocycles. The van der Waals surface area contributed by atoms with Crippen molar-refractivity contribution < 1.29 is 14.3 Å². The van der Waals surface area contributed by atoms with E-state index in [0.717, 1.165) is 16.9 Å². The zero-order chi connectivity index (χ0) is 19.8. The number of carbonyl (C=O) groups is 2. The van der Waals surface area contributed by atoms with Crippen molar-refractivity contribution in [1.29, 1.82) is 0 Å². The molecule has 0 atom stereocenters. The summed E-state index contributed by atoms with van der Waals surface area (Å²) in [5.41, 5.74) is 5.42. The summed E-state index contributed by atoms with van der Waals surface area (Å²) in [6.07, 6.45) is 0.0831. The van der Waals surface area contributed by atoms with Crippen molar-refractivity contribution in [3.8, 4) is 5.75 Å². The Morgan fingerprint density at radius 3 is 2.41 bits per heavy atom. The third-order valence-electron chi connectivity index (χ3n) is 3.98. The average Bonchev–Trinajstić information content (AvgIpc) is 2.68. The number of hydrogen-bond acceptors (Lipinski definition) is 4. The molecule has 0 radical (unpaired) electrons. The summed E-state index contributed by atoms with van der Waals surface area (Å²) in [5.74, 6) is 0.156. The van der Waals surface area contributed by atoms with Crippen LogP contribution in [-0.4, -0.2) is 24.6 Å². The Hall–Kier alpha value is -2.86. The normalized spacial score (nSPS) is 11.0. The predicted molar refractivity (Wildman–Crippen MR) is 107 cm³/mol. The lowest BCUT2D eigenvalue weighted by atomic mass is 10.1. The van der Waals surface area contributed by atoms with Gasteiger partial charge in [0, 0.05) is 23.6 Å². The van der Waals surface area contributed by atoms with Gasteiger partial charge in [0.2, 0.25) is 11.8 Å². The monoisotopic (exact) mass is 387 g/mol. The predicted octanol–water partition coefficient (Wildman–Crippen LogP) is 3.92. The standard InChI is InChI=1S/C20H22ClN3O3/c1-13-17(21)5-4-6-18(13)22-19(25)11-12-20(26)24-23-14(2)15-7-9-16(27-3)10-8-15/h4-10H,11-12H2,1-3H3,(H,22,25)(H,24,26)/b23-14-. The van der Waals surface area contributed by atoms with Crippen LogP contribution >= 0.6 is 11.6 Å². The van der Waals surface area contributed by atoms with Crippen LogP contribution in [0.2, 0.25) is 5.02 Å². The lowest BCUT2D eigenvalue weighted by Crippen LogP contribution is -2.22. The fraction of sp³-hybridized carbons (Fsp3) is 0.250. The first-order valence-corrected chi connectivity index (χ1v) is 8.81. The quantitative estimate of drug-likeness (QED) is 0.558. The maximum atomic E-state index is 12.0. The van der Waals surface area contributed by atoms with Gasteiger partial charge in [0.05, 0.1) is 12.8 Å². The lowest BCUT2D eigenvalue weighted by molar-refractivity contribution is -0.124. The van der Waals surface area contributed by atoms with Crippen molar-refractivity contribution in [2.75, 3.05) is 12.4 Å². The van der Waals surface area contributed by atoms with Gasteiger partial charge in [-0.3, -0.25) is 9.59 Å². The zero-order valence-electron chi connectivity index (χ0n) is 15.5. The van der Waals surface area contributed by atoms with E-state index in [1.807, 2.05) is 31.2 Å². The Balaban J connectivity index is 1.82. The molecule has 0 unspecified atom stereocenters. The second-order valence-electron chi connectivity index (χ2n) is 5.92. The van der Waals surface area contributed by atoms with Gasteiger partial charge in [0.1, 0.15) is 5.75 Å². The van der Waals surface area contributed by atoms with Gasteiger partial charge in [-0.15, -0.1) is 0 Å². The maximum Gasteiger partial charge on any atom is 0.240 e. The maximum absolute atomic E-state index is 12.0. The molecule has 2 aromatic rings. The van der Waals surface area contributed by atoms with Crippen molar-refractivity contribution in [3.05, 3.63) is 58.6 Å². The number of halogens is 1. The number of hydrazone groups is 1. The second-order valence-corrected chi connectivity index (χ2v) is 6.33. The molecule has 27 heavy (non-hydrogen) atoms. The Kier molecular flexibility index (Phi) is 7.37. The fourth-order valence-corrected chi connectivity index (χ4v) is 2.46. The highest BCUT2D eigenvalue weighted by molar-refractivity contribution is 6.31. The van der Waals surface area contributed by atoms with Gasteiger partial charge >= 0.3 is 0 Å². The molecule has 0 saturated heterocycles. The first kappa shape index (κ1) is 20.5. The number of rotatable bonds is 7. The third kappa shape index (κ3) is 6.11. The molecule has 0 fully saturated rings. The summed E-state index contributed by atoms with van der Waals surface area (Å²) in [7, 11) is 1.60. The van der Waals surface area contributed by atoms with Crippen LogP contribution in [0, 0.1) is 6.92 Å². The number of methoxy groups -OCH3 is 1. The van der Waals surface area contributed by atoms with Gasteiger partial charge in [-0.2, -0.15) is 5.10 Å². The van der Waals surface area contributed by atoms with Crippen LogP contribution in [0.4, 0.5) is 5.69 Å². The number of anilines is 1. The largest absolute Gasteiger partial charge is 0.497 e. The highest BCUT2D eigenvalue weighted by Gasteiger charge is 2.09. The smallest absolute Gasteiger partial charge is 0.240 e. The Morgan fingerprint density at radius 2 is 1.74 bits per heavy atom. The molecule has 0 aliphatic heterocycles. The first-order chi connectivity index (χ1) is 12.9.